The van der Waals surface area contributed by atoms with Crippen molar-refractivity contribution in [1.29, 1.82) is 5.26 Å². The van der Waals surface area contributed by atoms with Crippen molar-refractivity contribution in [3.8, 4) is 17.5 Å². The van der Waals surface area contributed by atoms with Crippen molar-refractivity contribution in [2.24, 2.45) is 5.92 Å². The van der Waals surface area contributed by atoms with E-state index in [2.05, 4.69) is 16.5 Å². The molecule has 0 saturated carbocycles. The standard InChI is InChI=1S/C17H20N4O2/c1-12(2)10-13(11-18)19-17(22)16-8-9-21(20-16)14-4-6-15(23-3)7-5-14/h4-9,12-13H,10H2,1-3H3,(H,19,22)/t13-/m0/s1. The number of rotatable bonds is 6. The van der Waals surface area contributed by atoms with Crippen LogP contribution in [0.2, 0.25) is 0 Å². The summed E-state index contributed by atoms with van der Waals surface area (Å²) in [5, 5.41) is 16.1. The summed E-state index contributed by atoms with van der Waals surface area (Å²) in [6.45, 7) is 4.02. The first kappa shape index (κ1) is 16.6. The van der Waals surface area contributed by atoms with Gasteiger partial charge < -0.3 is 10.1 Å². The van der Waals surface area contributed by atoms with Gasteiger partial charge in [-0.25, -0.2) is 4.68 Å². The molecule has 0 spiro atoms. The number of ether oxygens (including phenoxy) is 1. The summed E-state index contributed by atoms with van der Waals surface area (Å²) >= 11 is 0. The summed E-state index contributed by atoms with van der Waals surface area (Å²) in [6.07, 6.45) is 2.32. The maximum Gasteiger partial charge on any atom is 0.272 e. The van der Waals surface area contributed by atoms with Gasteiger partial charge >= 0.3 is 0 Å². The Morgan fingerprint density at radius 3 is 2.61 bits per heavy atom. The van der Waals surface area contributed by atoms with Gasteiger partial charge in [-0.05, 0) is 42.7 Å². The van der Waals surface area contributed by atoms with Crippen molar-refractivity contribution in [2.45, 2.75) is 26.3 Å². The van der Waals surface area contributed by atoms with Gasteiger partial charge in [0.05, 0.1) is 18.9 Å². The van der Waals surface area contributed by atoms with Gasteiger partial charge in [0.2, 0.25) is 0 Å². The second-order valence-electron chi connectivity index (χ2n) is 5.63. The van der Waals surface area contributed by atoms with Crippen LogP contribution in [0.1, 0.15) is 30.8 Å². The number of amides is 1. The number of carbonyl (C=O) groups excluding carboxylic acids is 1. The van der Waals surface area contributed by atoms with Gasteiger partial charge in [-0.1, -0.05) is 13.8 Å². The van der Waals surface area contributed by atoms with E-state index in [0.29, 0.717) is 12.3 Å². The molecule has 2 aromatic rings. The zero-order valence-electron chi connectivity index (χ0n) is 13.5. The number of nitrogens with zero attached hydrogens (tertiary/aromatic N) is 3. The van der Waals surface area contributed by atoms with Crippen LogP contribution in [0.15, 0.2) is 36.5 Å². The fraction of sp³-hybridized carbons (Fsp3) is 0.353. The van der Waals surface area contributed by atoms with Crippen molar-refractivity contribution >= 4 is 5.91 Å². The number of benzene rings is 1. The minimum absolute atomic E-state index is 0.282. The van der Waals surface area contributed by atoms with E-state index in [-0.39, 0.29) is 11.6 Å². The van der Waals surface area contributed by atoms with E-state index in [1.54, 1.807) is 24.1 Å². The van der Waals surface area contributed by atoms with Crippen LogP contribution >= 0.6 is 0 Å². The second-order valence-corrected chi connectivity index (χ2v) is 5.63. The number of hydrogen-bond acceptors (Lipinski definition) is 4. The van der Waals surface area contributed by atoms with E-state index in [9.17, 15) is 4.79 Å². The number of carbonyl (C=O) groups is 1. The van der Waals surface area contributed by atoms with Crippen LogP contribution in [0.5, 0.6) is 5.75 Å². The van der Waals surface area contributed by atoms with Crippen molar-refractivity contribution in [2.75, 3.05) is 7.11 Å². The molecule has 23 heavy (non-hydrogen) atoms. The van der Waals surface area contributed by atoms with Gasteiger partial charge in [0.1, 0.15) is 11.8 Å². The molecule has 6 heteroatoms. The zero-order valence-corrected chi connectivity index (χ0v) is 13.5. The Morgan fingerprint density at radius 1 is 1.35 bits per heavy atom. The smallest absolute Gasteiger partial charge is 0.272 e. The van der Waals surface area contributed by atoms with E-state index >= 15 is 0 Å². The Bertz CT molecular complexity index is 698. The largest absolute Gasteiger partial charge is 0.497 e. The lowest BCUT2D eigenvalue weighted by atomic mass is 10.0. The summed E-state index contributed by atoms with van der Waals surface area (Å²) in [6, 6.07) is 10.6. The molecule has 1 aromatic heterocycles. The molecule has 0 radical (unpaired) electrons. The first-order valence-electron chi connectivity index (χ1n) is 7.44. The molecule has 0 bridgehead atoms. The van der Waals surface area contributed by atoms with Gasteiger partial charge in [0.15, 0.2) is 5.69 Å². The fourth-order valence-corrected chi connectivity index (χ4v) is 2.17. The van der Waals surface area contributed by atoms with Crippen molar-refractivity contribution in [3.05, 3.63) is 42.2 Å². The lowest BCUT2D eigenvalue weighted by Gasteiger charge is -2.12. The fourth-order valence-electron chi connectivity index (χ4n) is 2.17. The lowest BCUT2D eigenvalue weighted by molar-refractivity contribution is 0.0936. The highest BCUT2D eigenvalue weighted by Gasteiger charge is 2.16. The number of methoxy groups -OCH3 is 1. The molecule has 120 valence electrons. The van der Waals surface area contributed by atoms with Crippen LogP contribution in [0.3, 0.4) is 0 Å². The highest BCUT2D eigenvalue weighted by molar-refractivity contribution is 5.92. The summed E-state index contributed by atoms with van der Waals surface area (Å²) in [5.41, 5.74) is 1.11. The molecule has 0 aliphatic rings. The maximum atomic E-state index is 12.2. The van der Waals surface area contributed by atoms with Crippen LogP contribution in [0.25, 0.3) is 5.69 Å². The van der Waals surface area contributed by atoms with E-state index in [1.807, 2.05) is 38.1 Å². The molecular weight excluding hydrogens is 292 g/mol. The minimum atomic E-state index is -0.506. The Morgan fingerprint density at radius 2 is 2.04 bits per heavy atom. The zero-order chi connectivity index (χ0) is 16.8. The van der Waals surface area contributed by atoms with Gasteiger partial charge in [0.25, 0.3) is 5.91 Å². The summed E-state index contributed by atoms with van der Waals surface area (Å²) in [7, 11) is 1.61. The molecule has 1 heterocycles. The summed E-state index contributed by atoms with van der Waals surface area (Å²) in [4.78, 5) is 12.2. The topological polar surface area (TPSA) is 79.9 Å². The average Bonchev–Trinajstić information content (AvgIpc) is 3.04. The van der Waals surface area contributed by atoms with E-state index in [1.165, 1.54) is 0 Å². The van der Waals surface area contributed by atoms with Gasteiger partial charge in [-0.15, -0.1) is 0 Å². The number of hydrogen-bond donors (Lipinski definition) is 1. The van der Waals surface area contributed by atoms with E-state index in [4.69, 9.17) is 10.00 Å². The van der Waals surface area contributed by atoms with Crippen molar-refractivity contribution in [1.82, 2.24) is 15.1 Å². The quantitative estimate of drug-likeness (QED) is 0.889. The monoisotopic (exact) mass is 312 g/mol. The molecule has 6 nitrogen and oxygen atoms in total. The van der Waals surface area contributed by atoms with Crippen LogP contribution in [-0.2, 0) is 0 Å². The molecule has 2 rings (SSSR count). The average molecular weight is 312 g/mol. The molecule has 0 aliphatic heterocycles. The highest BCUT2D eigenvalue weighted by atomic mass is 16.5. The lowest BCUT2D eigenvalue weighted by Crippen LogP contribution is -2.35. The van der Waals surface area contributed by atoms with Crippen LogP contribution in [-0.4, -0.2) is 28.8 Å². The summed E-state index contributed by atoms with van der Waals surface area (Å²) < 4.78 is 6.72. The van der Waals surface area contributed by atoms with Crippen LogP contribution in [0.4, 0.5) is 0 Å². The number of nitriles is 1. The maximum absolute atomic E-state index is 12.2. The number of aromatic nitrogens is 2. The van der Waals surface area contributed by atoms with E-state index in [0.717, 1.165) is 11.4 Å². The number of nitrogens with one attached hydrogen (secondary N) is 1. The van der Waals surface area contributed by atoms with Gasteiger partial charge in [-0.3, -0.25) is 4.79 Å². The molecule has 0 fully saturated rings. The molecule has 0 saturated heterocycles. The Balaban J connectivity index is 2.08. The first-order chi connectivity index (χ1) is 11.0. The molecule has 1 aromatic carbocycles. The van der Waals surface area contributed by atoms with Crippen molar-refractivity contribution in [3.63, 3.8) is 0 Å². The molecule has 0 unspecified atom stereocenters. The normalized spacial score (nSPS) is 11.8. The van der Waals surface area contributed by atoms with Crippen LogP contribution in [0, 0.1) is 17.2 Å². The van der Waals surface area contributed by atoms with Crippen molar-refractivity contribution < 1.29 is 9.53 Å². The Hall–Kier alpha value is -2.81. The Labute approximate surface area is 135 Å². The Kier molecular flexibility index (Phi) is 5.36. The summed E-state index contributed by atoms with van der Waals surface area (Å²) in [5.74, 6) is 0.741. The minimum Gasteiger partial charge on any atom is -0.497 e. The van der Waals surface area contributed by atoms with E-state index < -0.39 is 6.04 Å². The predicted molar refractivity (Wildman–Crippen MR) is 86.4 cm³/mol. The SMILES string of the molecule is COc1ccc(-n2ccc(C(=O)N[C@H](C#N)CC(C)C)n2)cc1. The third-order valence-electron chi connectivity index (χ3n) is 3.33. The predicted octanol–water partition coefficient (Wildman–Crippen LogP) is 2.55. The molecule has 1 amide bonds. The molecule has 0 aliphatic carbocycles. The van der Waals surface area contributed by atoms with Gasteiger partial charge in [0, 0.05) is 6.20 Å². The molecule has 1 atom stereocenters. The first-order valence-corrected chi connectivity index (χ1v) is 7.44. The highest BCUT2D eigenvalue weighted by Crippen LogP contribution is 2.14. The second kappa shape index (κ2) is 7.45. The van der Waals surface area contributed by atoms with Crippen LogP contribution < -0.4 is 10.1 Å². The molecule has 1 N–H and O–H groups in total. The van der Waals surface area contributed by atoms with Gasteiger partial charge in [-0.2, -0.15) is 10.4 Å². The third-order valence-corrected chi connectivity index (χ3v) is 3.33. The molecular formula is C17H20N4O2. The third kappa shape index (κ3) is 4.33.